The zero-order valence-electron chi connectivity index (χ0n) is 10.1. The number of hydrogen-bond donors (Lipinski definition) is 2. The minimum absolute atomic E-state index is 0.575. The van der Waals surface area contributed by atoms with Crippen molar-refractivity contribution in [1.82, 2.24) is 5.48 Å². The Morgan fingerprint density at radius 1 is 1.05 bits per heavy atom. The van der Waals surface area contributed by atoms with Gasteiger partial charge in [0.25, 0.3) is 5.91 Å². The molecule has 0 spiro atoms. The number of rotatable bonds is 4. The van der Waals surface area contributed by atoms with Crippen LogP contribution in [0.2, 0.25) is 0 Å². The fourth-order valence-electron chi connectivity index (χ4n) is 1.52. The van der Waals surface area contributed by atoms with Crippen LogP contribution in [0.5, 0.6) is 11.5 Å². The third-order valence-corrected chi connectivity index (χ3v) is 2.37. The summed E-state index contributed by atoms with van der Waals surface area (Å²) in [6.45, 7) is 0. The van der Waals surface area contributed by atoms with Gasteiger partial charge in [-0.15, -0.1) is 0 Å². The summed E-state index contributed by atoms with van der Waals surface area (Å²) >= 11 is 0. The van der Waals surface area contributed by atoms with Crippen molar-refractivity contribution in [2.75, 3.05) is 0 Å². The second-order valence-electron chi connectivity index (χ2n) is 3.80. The molecule has 0 saturated heterocycles. The summed E-state index contributed by atoms with van der Waals surface area (Å²) < 4.78 is 5.67. The Kier molecular flexibility index (Phi) is 4.31. The van der Waals surface area contributed by atoms with Crippen LogP contribution in [0.25, 0.3) is 6.08 Å². The molecule has 0 unspecified atom stereocenters. The Morgan fingerprint density at radius 3 is 2.53 bits per heavy atom. The molecule has 0 aliphatic rings. The van der Waals surface area contributed by atoms with E-state index in [-0.39, 0.29) is 0 Å². The van der Waals surface area contributed by atoms with Crippen molar-refractivity contribution in [2.24, 2.45) is 0 Å². The average molecular weight is 255 g/mol. The summed E-state index contributed by atoms with van der Waals surface area (Å²) in [6.07, 6.45) is 2.82. The van der Waals surface area contributed by atoms with E-state index in [0.717, 1.165) is 11.3 Å². The molecule has 0 heterocycles. The van der Waals surface area contributed by atoms with E-state index in [0.29, 0.717) is 5.75 Å². The Hall–Kier alpha value is -2.59. The van der Waals surface area contributed by atoms with Crippen molar-refractivity contribution < 1.29 is 14.7 Å². The lowest BCUT2D eigenvalue weighted by molar-refractivity contribution is -0.124. The molecule has 0 aliphatic heterocycles. The predicted octanol–water partition coefficient (Wildman–Crippen LogP) is 3.00. The van der Waals surface area contributed by atoms with Gasteiger partial charge in [0.15, 0.2) is 0 Å². The predicted molar refractivity (Wildman–Crippen MR) is 71.9 cm³/mol. The van der Waals surface area contributed by atoms with E-state index in [1.54, 1.807) is 12.1 Å². The minimum Gasteiger partial charge on any atom is -0.457 e. The number of carbonyl (C=O) groups excluding carboxylic acids is 1. The van der Waals surface area contributed by atoms with Gasteiger partial charge in [-0.3, -0.25) is 10.0 Å². The molecule has 0 radical (unpaired) electrons. The maximum absolute atomic E-state index is 10.9. The van der Waals surface area contributed by atoms with Crippen molar-refractivity contribution in [3.05, 3.63) is 66.2 Å². The van der Waals surface area contributed by atoms with Crippen molar-refractivity contribution in [3.8, 4) is 11.5 Å². The van der Waals surface area contributed by atoms with Crippen molar-refractivity contribution in [2.45, 2.75) is 0 Å². The first-order valence-electron chi connectivity index (χ1n) is 5.73. The van der Waals surface area contributed by atoms with Crippen LogP contribution in [0.15, 0.2) is 60.7 Å². The zero-order chi connectivity index (χ0) is 13.5. The molecular formula is C15H13NO3. The average Bonchev–Trinajstić information content (AvgIpc) is 2.46. The Morgan fingerprint density at radius 2 is 1.79 bits per heavy atom. The van der Waals surface area contributed by atoms with Gasteiger partial charge in [0.1, 0.15) is 11.5 Å². The van der Waals surface area contributed by atoms with Gasteiger partial charge in [0.05, 0.1) is 0 Å². The number of benzene rings is 2. The minimum atomic E-state index is -0.575. The molecule has 2 N–H and O–H groups in total. The maximum Gasteiger partial charge on any atom is 0.267 e. The van der Waals surface area contributed by atoms with Crippen LogP contribution >= 0.6 is 0 Å². The van der Waals surface area contributed by atoms with Gasteiger partial charge in [0.2, 0.25) is 0 Å². The fraction of sp³-hybridized carbons (Fsp3) is 0. The van der Waals surface area contributed by atoms with Crippen molar-refractivity contribution in [3.63, 3.8) is 0 Å². The highest BCUT2D eigenvalue weighted by atomic mass is 16.5. The molecule has 96 valence electrons. The van der Waals surface area contributed by atoms with E-state index in [2.05, 4.69) is 0 Å². The number of nitrogens with one attached hydrogen (secondary N) is 1. The number of hydroxylamine groups is 1. The van der Waals surface area contributed by atoms with E-state index >= 15 is 0 Å². The van der Waals surface area contributed by atoms with Crippen LogP contribution in [-0.2, 0) is 4.79 Å². The lowest BCUT2D eigenvalue weighted by atomic mass is 10.2. The number of hydrogen-bond acceptors (Lipinski definition) is 3. The molecule has 0 atom stereocenters. The molecule has 0 aromatic heterocycles. The molecule has 0 aliphatic carbocycles. The normalized spacial score (nSPS) is 10.4. The van der Waals surface area contributed by atoms with Crippen LogP contribution < -0.4 is 10.2 Å². The second kappa shape index (κ2) is 6.37. The van der Waals surface area contributed by atoms with Crippen LogP contribution in [0.1, 0.15) is 5.56 Å². The standard InChI is InChI=1S/C15H13NO3/c17-15(16-18)10-9-12-5-4-8-14(11-12)19-13-6-2-1-3-7-13/h1-11,18H,(H,16,17)/b10-9+. The monoisotopic (exact) mass is 255 g/mol. The third kappa shape index (κ3) is 3.97. The summed E-state index contributed by atoms with van der Waals surface area (Å²) in [4.78, 5) is 10.9. The molecule has 2 aromatic carbocycles. The maximum atomic E-state index is 10.9. The molecule has 0 fully saturated rings. The van der Waals surface area contributed by atoms with Crippen molar-refractivity contribution in [1.29, 1.82) is 0 Å². The zero-order valence-corrected chi connectivity index (χ0v) is 10.1. The molecule has 0 bridgehead atoms. The number of para-hydroxylation sites is 1. The molecule has 2 aromatic rings. The quantitative estimate of drug-likeness (QED) is 0.501. The van der Waals surface area contributed by atoms with Crippen LogP contribution in [-0.4, -0.2) is 11.1 Å². The van der Waals surface area contributed by atoms with Gasteiger partial charge in [-0.05, 0) is 35.9 Å². The first-order valence-corrected chi connectivity index (χ1v) is 5.73. The topological polar surface area (TPSA) is 58.6 Å². The van der Waals surface area contributed by atoms with E-state index in [9.17, 15) is 4.79 Å². The van der Waals surface area contributed by atoms with Gasteiger partial charge in [-0.2, -0.15) is 0 Å². The first-order chi connectivity index (χ1) is 9.28. The molecule has 1 amide bonds. The van der Waals surface area contributed by atoms with Crippen molar-refractivity contribution >= 4 is 12.0 Å². The highest BCUT2D eigenvalue weighted by molar-refractivity contribution is 5.90. The van der Waals surface area contributed by atoms with Gasteiger partial charge >= 0.3 is 0 Å². The Bertz CT molecular complexity index is 579. The summed E-state index contributed by atoms with van der Waals surface area (Å²) in [5.41, 5.74) is 2.34. The number of amides is 1. The number of carbonyl (C=O) groups is 1. The summed E-state index contributed by atoms with van der Waals surface area (Å²) in [5, 5.41) is 8.39. The first kappa shape index (κ1) is 12.9. The smallest absolute Gasteiger partial charge is 0.267 e. The highest BCUT2D eigenvalue weighted by Crippen LogP contribution is 2.22. The van der Waals surface area contributed by atoms with Crippen LogP contribution in [0.3, 0.4) is 0 Å². The van der Waals surface area contributed by atoms with Gasteiger partial charge in [-0.25, -0.2) is 5.48 Å². The van der Waals surface area contributed by atoms with E-state index in [1.165, 1.54) is 11.6 Å². The van der Waals surface area contributed by atoms with E-state index in [4.69, 9.17) is 9.94 Å². The van der Waals surface area contributed by atoms with Gasteiger partial charge in [0, 0.05) is 6.08 Å². The molecule has 4 nitrogen and oxygen atoms in total. The SMILES string of the molecule is O=C(/C=C/c1cccc(Oc2ccccc2)c1)NO. The van der Waals surface area contributed by atoms with Gasteiger partial charge < -0.3 is 4.74 Å². The third-order valence-electron chi connectivity index (χ3n) is 2.37. The van der Waals surface area contributed by atoms with Crippen LogP contribution in [0, 0.1) is 0 Å². The second-order valence-corrected chi connectivity index (χ2v) is 3.80. The summed E-state index contributed by atoms with van der Waals surface area (Å²) in [7, 11) is 0. The molecule has 0 saturated carbocycles. The van der Waals surface area contributed by atoms with E-state index in [1.807, 2.05) is 48.5 Å². The summed E-state index contributed by atoms with van der Waals surface area (Å²) in [5.74, 6) is 0.851. The Balaban J connectivity index is 2.11. The van der Waals surface area contributed by atoms with E-state index < -0.39 is 5.91 Å². The molecule has 19 heavy (non-hydrogen) atoms. The lowest BCUT2D eigenvalue weighted by Crippen LogP contribution is -2.14. The Labute approximate surface area is 110 Å². The van der Waals surface area contributed by atoms with Gasteiger partial charge in [-0.1, -0.05) is 30.3 Å². The van der Waals surface area contributed by atoms with Crippen LogP contribution in [0.4, 0.5) is 0 Å². The lowest BCUT2D eigenvalue weighted by Gasteiger charge is -2.05. The summed E-state index contributed by atoms with van der Waals surface area (Å²) in [6, 6.07) is 16.7. The molecule has 4 heteroatoms. The molecule has 2 rings (SSSR count). The highest BCUT2D eigenvalue weighted by Gasteiger charge is 1.97. The largest absolute Gasteiger partial charge is 0.457 e. The fourth-order valence-corrected chi connectivity index (χ4v) is 1.52. The molecular weight excluding hydrogens is 242 g/mol. The number of ether oxygens (including phenoxy) is 1.